The average molecular weight is 423 g/mol. The Hall–Kier alpha value is -3.32. The van der Waals surface area contributed by atoms with Gasteiger partial charge in [0.2, 0.25) is 0 Å². The number of furan rings is 1. The Kier molecular flexibility index (Phi) is 5.99. The predicted molar refractivity (Wildman–Crippen MR) is 118 cm³/mol. The molecule has 2 aromatic heterocycles. The summed E-state index contributed by atoms with van der Waals surface area (Å²) in [5.41, 5.74) is 2.14. The number of ether oxygens (including phenoxy) is 2. The van der Waals surface area contributed by atoms with E-state index in [1.54, 1.807) is 18.3 Å². The second kappa shape index (κ2) is 9.00. The molecule has 4 aromatic rings. The van der Waals surface area contributed by atoms with Crippen molar-refractivity contribution in [3.05, 3.63) is 70.9 Å². The largest absolute Gasteiger partial charge is 0.494 e. The van der Waals surface area contributed by atoms with E-state index < -0.39 is 0 Å². The van der Waals surface area contributed by atoms with Crippen molar-refractivity contribution in [1.82, 2.24) is 4.98 Å². The van der Waals surface area contributed by atoms with Crippen LogP contribution >= 0.6 is 11.3 Å². The standard InChI is InChI=1S/C23H22N2O4S/c1-3-27-16-11-19(28-4-2)21-18(14-29-20(21)12-16)22(26)25-23-24-13-17(30-23)10-15-8-6-5-7-9-15/h5-9,11-14H,3-4,10H2,1-2H3,(H,24,25,26). The Labute approximate surface area is 178 Å². The molecule has 0 aliphatic heterocycles. The van der Waals surface area contributed by atoms with Crippen LogP contribution in [0.4, 0.5) is 5.13 Å². The van der Waals surface area contributed by atoms with Gasteiger partial charge in [-0.05, 0) is 19.4 Å². The Morgan fingerprint density at radius 2 is 1.93 bits per heavy atom. The smallest absolute Gasteiger partial charge is 0.261 e. The molecule has 0 unspecified atom stereocenters. The summed E-state index contributed by atoms with van der Waals surface area (Å²) >= 11 is 1.46. The molecule has 1 amide bonds. The minimum atomic E-state index is -0.292. The van der Waals surface area contributed by atoms with Crippen molar-refractivity contribution in [2.75, 3.05) is 18.5 Å². The van der Waals surface area contributed by atoms with Gasteiger partial charge in [-0.2, -0.15) is 0 Å². The lowest BCUT2D eigenvalue weighted by Crippen LogP contribution is -2.11. The number of thiazole rings is 1. The second-order valence-corrected chi connectivity index (χ2v) is 7.67. The molecule has 154 valence electrons. The molecule has 0 aliphatic rings. The monoisotopic (exact) mass is 422 g/mol. The van der Waals surface area contributed by atoms with E-state index in [4.69, 9.17) is 13.9 Å². The van der Waals surface area contributed by atoms with E-state index in [1.165, 1.54) is 23.2 Å². The summed E-state index contributed by atoms with van der Waals surface area (Å²) in [6.07, 6.45) is 4.01. The second-order valence-electron chi connectivity index (χ2n) is 6.56. The van der Waals surface area contributed by atoms with Crippen molar-refractivity contribution in [2.24, 2.45) is 0 Å². The zero-order valence-electron chi connectivity index (χ0n) is 16.8. The topological polar surface area (TPSA) is 73.6 Å². The molecule has 0 atom stereocenters. The number of nitrogens with one attached hydrogen (secondary N) is 1. The minimum absolute atomic E-state index is 0.292. The Morgan fingerprint density at radius 1 is 1.13 bits per heavy atom. The van der Waals surface area contributed by atoms with Gasteiger partial charge in [0.1, 0.15) is 23.3 Å². The van der Waals surface area contributed by atoms with Gasteiger partial charge in [0.05, 0.1) is 24.2 Å². The Balaban J connectivity index is 1.56. The molecule has 0 saturated carbocycles. The van der Waals surface area contributed by atoms with Crippen molar-refractivity contribution in [2.45, 2.75) is 20.3 Å². The number of fused-ring (bicyclic) bond motifs is 1. The van der Waals surface area contributed by atoms with Gasteiger partial charge in [-0.3, -0.25) is 10.1 Å². The first-order valence-corrected chi connectivity index (χ1v) is 10.6. The number of anilines is 1. The molecule has 0 fully saturated rings. The summed E-state index contributed by atoms with van der Waals surface area (Å²) < 4.78 is 16.9. The van der Waals surface area contributed by atoms with Crippen LogP contribution in [0, 0.1) is 0 Å². The lowest BCUT2D eigenvalue weighted by molar-refractivity contribution is 0.102. The SMILES string of the molecule is CCOc1cc(OCC)c2c(C(=O)Nc3ncc(Cc4ccccc4)s3)coc2c1. The number of rotatable bonds is 8. The third-order valence-electron chi connectivity index (χ3n) is 4.46. The normalized spacial score (nSPS) is 10.9. The van der Waals surface area contributed by atoms with E-state index in [2.05, 4.69) is 22.4 Å². The zero-order chi connectivity index (χ0) is 20.9. The highest BCUT2D eigenvalue weighted by Crippen LogP contribution is 2.36. The summed E-state index contributed by atoms with van der Waals surface area (Å²) in [6, 6.07) is 13.7. The van der Waals surface area contributed by atoms with Crippen LogP contribution in [0.2, 0.25) is 0 Å². The highest BCUT2D eigenvalue weighted by Gasteiger charge is 2.20. The van der Waals surface area contributed by atoms with Crippen LogP contribution < -0.4 is 14.8 Å². The fourth-order valence-corrected chi connectivity index (χ4v) is 4.04. The van der Waals surface area contributed by atoms with Gasteiger partial charge in [-0.15, -0.1) is 11.3 Å². The maximum absolute atomic E-state index is 12.9. The molecule has 1 N–H and O–H groups in total. The van der Waals surface area contributed by atoms with Crippen LogP contribution in [-0.2, 0) is 6.42 Å². The average Bonchev–Trinajstić information content (AvgIpc) is 3.36. The van der Waals surface area contributed by atoms with E-state index in [1.807, 2.05) is 32.0 Å². The fraction of sp³-hybridized carbons (Fsp3) is 0.217. The number of nitrogens with zero attached hydrogens (tertiary/aromatic N) is 1. The first kappa shape index (κ1) is 20.0. The number of hydrogen-bond acceptors (Lipinski definition) is 6. The third kappa shape index (κ3) is 4.31. The molecule has 7 heteroatoms. The van der Waals surface area contributed by atoms with Crippen LogP contribution in [0.15, 0.2) is 59.3 Å². The van der Waals surface area contributed by atoms with Crippen molar-refractivity contribution < 1.29 is 18.7 Å². The van der Waals surface area contributed by atoms with E-state index in [0.29, 0.717) is 46.4 Å². The van der Waals surface area contributed by atoms with Gasteiger partial charge in [0, 0.05) is 29.6 Å². The number of hydrogen-bond donors (Lipinski definition) is 1. The summed E-state index contributed by atoms with van der Waals surface area (Å²) in [6.45, 7) is 4.79. The third-order valence-corrected chi connectivity index (χ3v) is 5.38. The zero-order valence-corrected chi connectivity index (χ0v) is 17.6. The molecule has 0 radical (unpaired) electrons. The summed E-state index contributed by atoms with van der Waals surface area (Å²) in [5, 5.41) is 4.04. The number of carbonyl (C=O) groups excluding carboxylic acids is 1. The highest BCUT2D eigenvalue weighted by atomic mass is 32.1. The van der Waals surface area contributed by atoms with Crippen molar-refractivity contribution in [3.8, 4) is 11.5 Å². The van der Waals surface area contributed by atoms with Gasteiger partial charge < -0.3 is 13.9 Å². The Bertz CT molecular complexity index is 1150. The number of amides is 1. The summed E-state index contributed by atoms with van der Waals surface area (Å²) in [5.74, 6) is 0.904. The van der Waals surface area contributed by atoms with Gasteiger partial charge in [0.15, 0.2) is 5.13 Å². The van der Waals surface area contributed by atoms with Gasteiger partial charge in [0.25, 0.3) is 5.91 Å². The molecule has 4 rings (SSSR count). The predicted octanol–water partition coefficient (Wildman–Crippen LogP) is 5.53. The fourth-order valence-electron chi connectivity index (χ4n) is 3.20. The van der Waals surface area contributed by atoms with Crippen LogP contribution in [0.5, 0.6) is 11.5 Å². The maximum Gasteiger partial charge on any atom is 0.261 e. The molecule has 2 aromatic carbocycles. The summed E-state index contributed by atoms with van der Waals surface area (Å²) in [7, 11) is 0. The molecular weight excluding hydrogens is 400 g/mol. The molecule has 0 saturated heterocycles. The van der Waals surface area contributed by atoms with Crippen LogP contribution in [0.25, 0.3) is 11.0 Å². The van der Waals surface area contributed by atoms with Crippen molar-refractivity contribution in [1.29, 1.82) is 0 Å². The quantitative estimate of drug-likeness (QED) is 0.404. The Morgan fingerprint density at radius 3 is 2.70 bits per heavy atom. The van der Waals surface area contributed by atoms with E-state index in [-0.39, 0.29) is 5.91 Å². The number of aromatic nitrogens is 1. The highest BCUT2D eigenvalue weighted by molar-refractivity contribution is 7.15. The lowest BCUT2D eigenvalue weighted by Gasteiger charge is -2.09. The van der Waals surface area contributed by atoms with E-state index in [0.717, 1.165) is 11.3 Å². The first-order valence-electron chi connectivity index (χ1n) is 9.78. The van der Waals surface area contributed by atoms with Gasteiger partial charge in [-0.25, -0.2) is 4.98 Å². The number of carbonyl (C=O) groups is 1. The summed E-state index contributed by atoms with van der Waals surface area (Å²) in [4.78, 5) is 18.4. The van der Waals surface area contributed by atoms with Crippen LogP contribution in [0.1, 0.15) is 34.6 Å². The molecule has 6 nitrogen and oxygen atoms in total. The van der Waals surface area contributed by atoms with E-state index >= 15 is 0 Å². The minimum Gasteiger partial charge on any atom is -0.494 e. The van der Waals surface area contributed by atoms with Gasteiger partial charge >= 0.3 is 0 Å². The molecule has 0 spiro atoms. The molecular formula is C23H22N2O4S. The molecule has 2 heterocycles. The van der Waals surface area contributed by atoms with E-state index in [9.17, 15) is 4.79 Å². The van der Waals surface area contributed by atoms with Crippen molar-refractivity contribution >= 4 is 33.3 Å². The molecule has 30 heavy (non-hydrogen) atoms. The van der Waals surface area contributed by atoms with Crippen molar-refractivity contribution in [3.63, 3.8) is 0 Å². The first-order chi connectivity index (χ1) is 14.7. The number of benzene rings is 2. The maximum atomic E-state index is 12.9. The van der Waals surface area contributed by atoms with Gasteiger partial charge in [-0.1, -0.05) is 30.3 Å². The van der Waals surface area contributed by atoms with Crippen LogP contribution in [0.3, 0.4) is 0 Å². The van der Waals surface area contributed by atoms with Crippen LogP contribution in [-0.4, -0.2) is 24.1 Å². The molecule has 0 aliphatic carbocycles. The lowest BCUT2D eigenvalue weighted by atomic mass is 10.1. The molecule has 0 bridgehead atoms.